The van der Waals surface area contributed by atoms with E-state index in [2.05, 4.69) is 26.1 Å². The van der Waals surface area contributed by atoms with Crippen LogP contribution in [0.25, 0.3) is 11.1 Å². The average Bonchev–Trinajstić information content (AvgIpc) is 3.22. The Bertz CT molecular complexity index is 920. The Morgan fingerprint density at radius 3 is 2.54 bits per heavy atom. The largest absolute Gasteiger partial charge is 0.334 e. The van der Waals surface area contributed by atoms with Gasteiger partial charge >= 0.3 is 6.03 Å². The Labute approximate surface area is 163 Å². The van der Waals surface area contributed by atoms with E-state index in [4.69, 9.17) is 0 Å². The van der Waals surface area contributed by atoms with Gasteiger partial charge in [-0.25, -0.2) is 4.79 Å². The van der Waals surface area contributed by atoms with Gasteiger partial charge < -0.3 is 16.0 Å². The first-order valence-electron chi connectivity index (χ1n) is 9.17. The first-order valence-corrected chi connectivity index (χ1v) is 9.17. The number of amides is 3. The number of carbonyl (C=O) groups excluding carboxylic acids is 2. The third-order valence-electron chi connectivity index (χ3n) is 4.12. The predicted octanol–water partition coefficient (Wildman–Crippen LogP) is 4.14. The van der Waals surface area contributed by atoms with Gasteiger partial charge in [0.2, 0.25) is 5.91 Å². The second-order valence-electron chi connectivity index (χ2n) is 6.37. The van der Waals surface area contributed by atoms with E-state index in [9.17, 15) is 9.59 Å². The minimum absolute atomic E-state index is 0.00998. The normalized spacial score (nSPS) is 10.3. The first kappa shape index (κ1) is 19.2. The zero-order valence-electron chi connectivity index (χ0n) is 15.7. The van der Waals surface area contributed by atoms with Gasteiger partial charge in [-0.05, 0) is 41.8 Å². The van der Waals surface area contributed by atoms with Crippen LogP contribution in [0.4, 0.5) is 16.2 Å². The Morgan fingerprint density at radius 2 is 1.82 bits per heavy atom. The highest BCUT2D eigenvalue weighted by Crippen LogP contribution is 2.20. The lowest BCUT2D eigenvalue weighted by Gasteiger charge is -2.10. The van der Waals surface area contributed by atoms with Crippen LogP contribution in [-0.4, -0.2) is 22.1 Å². The zero-order chi connectivity index (χ0) is 19.8. The average molecular weight is 377 g/mol. The SMILES string of the molecule is CCCC(=O)Nc1cccc(CNC(=O)Nc2ccc(-c3cn[nH]c3)cc2)c1. The number of nitrogens with one attached hydrogen (secondary N) is 4. The summed E-state index contributed by atoms with van der Waals surface area (Å²) >= 11 is 0. The molecule has 3 aromatic rings. The van der Waals surface area contributed by atoms with Crippen LogP contribution in [0.1, 0.15) is 25.3 Å². The minimum Gasteiger partial charge on any atom is -0.334 e. The zero-order valence-corrected chi connectivity index (χ0v) is 15.7. The van der Waals surface area contributed by atoms with Crippen LogP contribution in [-0.2, 0) is 11.3 Å². The quantitative estimate of drug-likeness (QED) is 0.498. The summed E-state index contributed by atoms with van der Waals surface area (Å²) in [4.78, 5) is 23.8. The molecule has 0 atom stereocenters. The lowest BCUT2D eigenvalue weighted by molar-refractivity contribution is -0.116. The van der Waals surface area contributed by atoms with E-state index < -0.39 is 0 Å². The number of hydrogen-bond acceptors (Lipinski definition) is 3. The van der Waals surface area contributed by atoms with Crippen molar-refractivity contribution in [3.05, 3.63) is 66.5 Å². The molecule has 0 fully saturated rings. The highest BCUT2D eigenvalue weighted by molar-refractivity contribution is 5.91. The van der Waals surface area contributed by atoms with Crippen molar-refractivity contribution in [2.24, 2.45) is 0 Å². The van der Waals surface area contributed by atoms with E-state index >= 15 is 0 Å². The molecular formula is C21H23N5O2. The van der Waals surface area contributed by atoms with Gasteiger partial charge in [-0.1, -0.05) is 31.2 Å². The summed E-state index contributed by atoms with van der Waals surface area (Å²) in [5, 5.41) is 15.2. The second-order valence-corrected chi connectivity index (χ2v) is 6.37. The van der Waals surface area contributed by atoms with E-state index in [1.807, 2.05) is 61.7 Å². The lowest BCUT2D eigenvalue weighted by Crippen LogP contribution is -2.28. The van der Waals surface area contributed by atoms with Crippen molar-refractivity contribution < 1.29 is 9.59 Å². The van der Waals surface area contributed by atoms with E-state index in [1.165, 1.54) is 0 Å². The molecule has 0 saturated carbocycles. The molecule has 0 aliphatic carbocycles. The number of benzene rings is 2. The highest BCUT2D eigenvalue weighted by atomic mass is 16.2. The number of rotatable bonds is 7. The minimum atomic E-state index is -0.295. The van der Waals surface area contributed by atoms with E-state index in [-0.39, 0.29) is 11.9 Å². The van der Waals surface area contributed by atoms with Crippen molar-refractivity contribution in [3.63, 3.8) is 0 Å². The van der Waals surface area contributed by atoms with Crippen molar-refractivity contribution in [1.82, 2.24) is 15.5 Å². The number of urea groups is 1. The van der Waals surface area contributed by atoms with Crippen LogP contribution in [0, 0.1) is 0 Å². The van der Waals surface area contributed by atoms with Gasteiger partial charge in [-0.15, -0.1) is 0 Å². The number of anilines is 2. The third kappa shape index (κ3) is 5.44. The summed E-state index contributed by atoms with van der Waals surface area (Å²) in [5.74, 6) is -0.00998. The molecule has 0 saturated heterocycles. The molecule has 1 heterocycles. The smallest absolute Gasteiger partial charge is 0.319 e. The molecule has 4 N–H and O–H groups in total. The van der Waals surface area contributed by atoms with Crippen LogP contribution in [0.15, 0.2) is 60.9 Å². The maximum Gasteiger partial charge on any atom is 0.319 e. The van der Waals surface area contributed by atoms with Gasteiger partial charge in [-0.3, -0.25) is 9.89 Å². The van der Waals surface area contributed by atoms with Crippen molar-refractivity contribution in [3.8, 4) is 11.1 Å². The topological polar surface area (TPSA) is 98.9 Å². The van der Waals surface area contributed by atoms with Crippen LogP contribution in [0.3, 0.4) is 0 Å². The van der Waals surface area contributed by atoms with E-state index in [0.29, 0.717) is 18.7 Å². The molecule has 28 heavy (non-hydrogen) atoms. The maximum absolute atomic E-state index is 12.1. The lowest BCUT2D eigenvalue weighted by atomic mass is 10.1. The van der Waals surface area contributed by atoms with Gasteiger partial charge in [0.1, 0.15) is 0 Å². The molecular weight excluding hydrogens is 354 g/mol. The van der Waals surface area contributed by atoms with Crippen molar-refractivity contribution in [2.45, 2.75) is 26.3 Å². The van der Waals surface area contributed by atoms with Crippen molar-refractivity contribution in [1.29, 1.82) is 0 Å². The Hall–Kier alpha value is -3.61. The van der Waals surface area contributed by atoms with Crippen LogP contribution in [0.5, 0.6) is 0 Å². The molecule has 3 rings (SSSR count). The Morgan fingerprint density at radius 1 is 1.00 bits per heavy atom. The highest BCUT2D eigenvalue weighted by Gasteiger charge is 2.05. The summed E-state index contributed by atoms with van der Waals surface area (Å²) in [6.45, 7) is 2.32. The molecule has 0 radical (unpaired) electrons. The molecule has 144 valence electrons. The van der Waals surface area contributed by atoms with Gasteiger partial charge in [0, 0.05) is 36.1 Å². The number of nitrogens with zero attached hydrogens (tertiary/aromatic N) is 1. The first-order chi connectivity index (χ1) is 13.6. The molecule has 0 spiro atoms. The fourth-order valence-corrected chi connectivity index (χ4v) is 2.72. The van der Waals surface area contributed by atoms with Crippen LogP contribution >= 0.6 is 0 Å². The van der Waals surface area contributed by atoms with Crippen molar-refractivity contribution >= 4 is 23.3 Å². The number of hydrogen-bond donors (Lipinski definition) is 4. The number of aromatic nitrogens is 2. The standard InChI is InChI=1S/C21H23N5O2/c1-2-4-20(27)25-19-6-3-5-15(11-19)12-22-21(28)26-18-9-7-16(8-10-18)17-13-23-24-14-17/h3,5-11,13-14H,2,4,12H2,1H3,(H,23,24)(H,25,27)(H2,22,26,28). The summed E-state index contributed by atoms with van der Waals surface area (Å²) in [7, 11) is 0. The van der Waals surface area contributed by atoms with Crippen LogP contribution in [0.2, 0.25) is 0 Å². The monoisotopic (exact) mass is 377 g/mol. The summed E-state index contributed by atoms with van der Waals surface area (Å²) in [6, 6.07) is 14.7. The van der Waals surface area contributed by atoms with Crippen LogP contribution < -0.4 is 16.0 Å². The molecule has 7 heteroatoms. The molecule has 3 amide bonds. The number of carbonyl (C=O) groups is 2. The van der Waals surface area contributed by atoms with Gasteiger partial charge in [-0.2, -0.15) is 5.10 Å². The molecule has 0 aliphatic rings. The molecule has 2 aromatic carbocycles. The molecule has 0 unspecified atom stereocenters. The van der Waals surface area contributed by atoms with Gasteiger partial charge in [0.05, 0.1) is 6.20 Å². The fourth-order valence-electron chi connectivity index (χ4n) is 2.72. The van der Waals surface area contributed by atoms with E-state index in [0.717, 1.165) is 28.8 Å². The second kappa shape index (κ2) is 9.36. The van der Waals surface area contributed by atoms with Crippen molar-refractivity contribution in [2.75, 3.05) is 10.6 Å². The van der Waals surface area contributed by atoms with Gasteiger partial charge in [0.25, 0.3) is 0 Å². The number of H-pyrrole nitrogens is 1. The summed E-state index contributed by atoms with van der Waals surface area (Å²) in [5.41, 5.74) is 4.33. The number of aromatic amines is 1. The predicted molar refractivity (Wildman–Crippen MR) is 110 cm³/mol. The molecule has 0 aliphatic heterocycles. The molecule has 7 nitrogen and oxygen atoms in total. The molecule has 1 aromatic heterocycles. The summed E-state index contributed by atoms with van der Waals surface area (Å²) < 4.78 is 0. The summed E-state index contributed by atoms with van der Waals surface area (Å²) in [6.07, 6.45) is 4.85. The Balaban J connectivity index is 1.51. The third-order valence-corrected chi connectivity index (χ3v) is 4.12. The Kier molecular flexibility index (Phi) is 6.41. The molecule has 0 bridgehead atoms. The van der Waals surface area contributed by atoms with E-state index in [1.54, 1.807) is 6.20 Å². The maximum atomic E-state index is 12.1. The fraction of sp³-hybridized carbons (Fsp3) is 0.190. The van der Waals surface area contributed by atoms with Gasteiger partial charge in [0.15, 0.2) is 0 Å².